The molecule has 0 radical (unpaired) electrons. The first-order valence-electron chi connectivity index (χ1n) is 12.8. The van der Waals surface area contributed by atoms with Gasteiger partial charge < -0.3 is 9.80 Å². The SMILES string of the molecule is CCCCN(C)C(=O)C1CCN(C(=O)C=Cc2cn(Cc3ccccc3)nc2-c2cccnc2)CC1. The van der Waals surface area contributed by atoms with Gasteiger partial charge in [0.25, 0.3) is 0 Å². The minimum absolute atomic E-state index is 0.00767. The molecule has 0 unspecified atom stereocenters. The zero-order valence-corrected chi connectivity index (χ0v) is 21.2. The Morgan fingerprint density at radius 2 is 1.89 bits per heavy atom. The van der Waals surface area contributed by atoms with Gasteiger partial charge in [-0.25, -0.2) is 0 Å². The van der Waals surface area contributed by atoms with E-state index in [9.17, 15) is 9.59 Å². The molecule has 7 heteroatoms. The second kappa shape index (κ2) is 12.3. The number of rotatable bonds is 9. The molecule has 0 atom stereocenters. The fourth-order valence-corrected chi connectivity index (χ4v) is 4.57. The molecule has 2 amide bonds. The van der Waals surface area contributed by atoms with Crippen LogP contribution in [0.15, 0.2) is 67.1 Å². The molecule has 0 N–H and O–H groups in total. The lowest BCUT2D eigenvalue weighted by molar-refractivity contribution is -0.138. The Kier molecular flexibility index (Phi) is 8.66. The highest BCUT2D eigenvalue weighted by atomic mass is 16.2. The van der Waals surface area contributed by atoms with Crippen LogP contribution in [0, 0.1) is 5.92 Å². The van der Waals surface area contributed by atoms with Crippen molar-refractivity contribution < 1.29 is 9.59 Å². The van der Waals surface area contributed by atoms with Gasteiger partial charge in [0, 0.05) is 68.4 Å². The van der Waals surface area contributed by atoms with E-state index in [4.69, 9.17) is 5.10 Å². The van der Waals surface area contributed by atoms with Crippen molar-refractivity contribution in [2.24, 2.45) is 5.92 Å². The Hall–Kier alpha value is -3.74. The summed E-state index contributed by atoms with van der Waals surface area (Å²) >= 11 is 0. The Morgan fingerprint density at radius 1 is 1.11 bits per heavy atom. The lowest BCUT2D eigenvalue weighted by Gasteiger charge is -2.32. The number of benzene rings is 1. The van der Waals surface area contributed by atoms with Crippen LogP contribution in [0.25, 0.3) is 17.3 Å². The maximum absolute atomic E-state index is 13.0. The van der Waals surface area contributed by atoms with Gasteiger partial charge in [0.1, 0.15) is 5.69 Å². The number of carbonyl (C=O) groups excluding carboxylic acids is 2. The summed E-state index contributed by atoms with van der Waals surface area (Å²) < 4.78 is 1.90. The summed E-state index contributed by atoms with van der Waals surface area (Å²) in [6, 6.07) is 14.0. The number of amides is 2. The van der Waals surface area contributed by atoms with Crippen LogP contribution in [0.3, 0.4) is 0 Å². The van der Waals surface area contributed by atoms with Crippen molar-refractivity contribution >= 4 is 17.9 Å². The number of piperidine rings is 1. The zero-order valence-electron chi connectivity index (χ0n) is 21.2. The third kappa shape index (κ3) is 6.47. The van der Waals surface area contributed by atoms with Crippen LogP contribution in [-0.2, 0) is 16.1 Å². The van der Waals surface area contributed by atoms with E-state index < -0.39 is 0 Å². The average molecular weight is 486 g/mol. The lowest BCUT2D eigenvalue weighted by Crippen LogP contribution is -2.43. The first-order chi connectivity index (χ1) is 17.5. The average Bonchev–Trinajstić information content (AvgIpc) is 3.33. The molecule has 188 valence electrons. The normalized spacial score (nSPS) is 14.3. The van der Waals surface area contributed by atoms with E-state index >= 15 is 0 Å². The van der Waals surface area contributed by atoms with Gasteiger partial charge >= 0.3 is 0 Å². The summed E-state index contributed by atoms with van der Waals surface area (Å²) in [6.07, 6.45) is 12.5. The summed E-state index contributed by atoms with van der Waals surface area (Å²) in [4.78, 5) is 33.6. The van der Waals surface area contributed by atoms with E-state index in [1.165, 1.54) is 0 Å². The number of unbranched alkanes of at least 4 members (excludes halogenated alkanes) is 1. The quantitative estimate of drug-likeness (QED) is 0.418. The third-order valence-corrected chi connectivity index (χ3v) is 6.70. The predicted octanol–water partition coefficient (Wildman–Crippen LogP) is 4.50. The van der Waals surface area contributed by atoms with E-state index in [-0.39, 0.29) is 17.7 Å². The Morgan fingerprint density at radius 3 is 2.58 bits per heavy atom. The molecule has 36 heavy (non-hydrogen) atoms. The molecular weight excluding hydrogens is 450 g/mol. The van der Waals surface area contributed by atoms with Crippen molar-refractivity contribution in [2.45, 2.75) is 39.2 Å². The molecule has 1 aliphatic rings. The van der Waals surface area contributed by atoms with Crippen LogP contribution in [-0.4, -0.2) is 63.1 Å². The fraction of sp³-hybridized carbons (Fsp3) is 0.379. The lowest BCUT2D eigenvalue weighted by atomic mass is 9.95. The van der Waals surface area contributed by atoms with E-state index in [0.29, 0.717) is 32.5 Å². The highest BCUT2D eigenvalue weighted by Crippen LogP contribution is 2.24. The van der Waals surface area contributed by atoms with Crippen LogP contribution in [0.4, 0.5) is 0 Å². The molecular formula is C29H35N5O2. The number of hydrogen-bond acceptors (Lipinski definition) is 4. The monoisotopic (exact) mass is 485 g/mol. The van der Waals surface area contributed by atoms with Crippen LogP contribution >= 0.6 is 0 Å². The highest BCUT2D eigenvalue weighted by molar-refractivity contribution is 5.93. The Bertz CT molecular complexity index is 1160. The summed E-state index contributed by atoms with van der Waals surface area (Å²) in [7, 11) is 1.88. The molecule has 1 saturated heterocycles. The maximum Gasteiger partial charge on any atom is 0.246 e. The standard InChI is InChI=1S/C29H35N5O2/c1-3-4-17-32(2)29(36)24-14-18-33(19-15-24)27(35)13-12-26-22-34(21-23-9-6-5-7-10-23)31-28(26)25-11-8-16-30-20-25/h5-13,16,20,22,24H,3-4,14-15,17-19,21H2,1-2H3. The number of hydrogen-bond donors (Lipinski definition) is 0. The fourth-order valence-electron chi connectivity index (χ4n) is 4.57. The minimum atomic E-state index is -0.0341. The van der Waals surface area contributed by atoms with E-state index in [1.807, 2.05) is 64.1 Å². The predicted molar refractivity (Wildman–Crippen MR) is 142 cm³/mol. The second-order valence-electron chi connectivity index (χ2n) is 9.40. The first-order valence-corrected chi connectivity index (χ1v) is 12.8. The van der Waals surface area contributed by atoms with E-state index in [0.717, 1.165) is 41.8 Å². The second-order valence-corrected chi connectivity index (χ2v) is 9.40. The van der Waals surface area contributed by atoms with Crippen molar-refractivity contribution in [3.05, 3.63) is 78.3 Å². The molecule has 0 spiro atoms. The van der Waals surface area contributed by atoms with Gasteiger partial charge in [-0.2, -0.15) is 5.10 Å². The van der Waals surface area contributed by atoms with Crippen LogP contribution in [0.2, 0.25) is 0 Å². The van der Waals surface area contributed by atoms with E-state index in [2.05, 4.69) is 24.0 Å². The topological polar surface area (TPSA) is 71.3 Å². The molecule has 3 heterocycles. The summed E-state index contributed by atoms with van der Waals surface area (Å²) in [5, 5.41) is 4.79. The third-order valence-electron chi connectivity index (χ3n) is 6.70. The number of pyridine rings is 1. The first kappa shape index (κ1) is 25.4. The van der Waals surface area contributed by atoms with Crippen LogP contribution in [0.5, 0.6) is 0 Å². The number of aromatic nitrogens is 3. The molecule has 0 saturated carbocycles. The molecule has 0 bridgehead atoms. The van der Waals surface area contributed by atoms with Gasteiger partial charge in [-0.05, 0) is 43.0 Å². The Labute approximate surface area is 213 Å². The summed E-state index contributed by atoms with van der Waals surface area (Å²) in [5.41, 5.74) is 3.72. The van der Waals surface area contributed by atoms with Crippen LogP contribution < -0.4 is 0 Å². The largest absolute Gasteiger partial charge is 0.346 e. The van der Waals surface area contributed by atoms with Crippen LogP contribution in [0.1, 0.15) is 43.7 Å². The molecule has 7 nitrogen and oxygen atoms in total. The van der Waals surface area contributed by atoms with Gasteiger partial charge in [0.15, 0.2) is 0 Å². The summed E-state index contributed by atoms with van der Waals surface area (Å²) in [6.45, 7) is 4.77. The molecule has 1 aliphatic heterocycles. The van der Waals surface area contributed by atoms with Gasteiger partial charge in [0.05, 0.1) is 6.54 Å². The minimum Gasteiger partial charge on any atom is -0.346 e. The number of likely N-dealkylation sites (tertiary alicyclic amines) is 1. The van der Waals surface area contributed by atoms with Crippen molar-refractivity contribution in [1.82, 2.24) is 24.6 Å². The molecule has 4 rings (SSSR count). The molecule has 0 aliphatic carbocycles. The van der Waals surface area contributed by atoms with Crippen molar-refractivity contribution in [3.63, 3.8) is 0 Å². The molecule has 3 aromatic rings. The summed E-state index contributed by atoms with van der Waals surface area (Å²) in [5.74, 6) is 0.180. The Balaban J connectivity index is 1.42. The van der Waals surface area contributed by atoms with Gasteiger partial charge in [-0.15, -0.1) is 0 Å². The van der Waals surface area contributed by atoms with Crippen molar-refractivity contribution in [3.8, 4) is 11.3 Å². The smallest absolute Gasteiger partial charge is 0.246 e. The van der Waals surface area contributed by atoms with E-state index in [1.54, 1.807) is 18.5 Å². The molecule has 1 aromatic carbocycles. The van der Waals surface area contributed by atoms with Crippen molar-refractivity contribution in [1.29, 1.82) is 0 Å². The molecule has 1 fully saturated rings. The van der Waals surface area contributed by atoms with Gasteiger partial charge in [-0.1, -0.05) is 43.7 Å². The van der Waals surface area contributed by atoms with Gasteiger partial charge in [-0.3, -0.25) is 19.3 Å². The highest BCUT2D eigenvalue weighted by Gasteiger charge is 2.28. The maximum atomic E-state index is 13.0. The number of nitrogens with zero attached hydrogens (tertiary/aromatic N) is 5. The number of carbonyl (C=O) groups is 2. The molecule has 2 aromatic heterocycles. The van der Waals surface area contributed by atoms with Crippen molar-refractivity contribution in [2.75, 3.05) is 26.7 Å². The van der Waals surface area contributed by atoms with Gasteiger partial charge in [0.2, 0.25) is 11.8 Å². The zero-order chi connectivity index (χ0) is 25.3.